The van der Waals surface area contributed by atoms with Gasteiger partial charge in [0.2, 0.25) is 0 Å². The summed E-state index contributed by atoms with van der Waals surface area (Å²) in [6, 6.07) is 15.5. The van der Waals surface area contributed by atoms with E-state index >= 15 is 0 Å². The molecule has 0 spiro atoms. The minimum Gasteiger partial charge on any atom is -0.505 e. The Morgan fingerprint density at radius 2 is 1.74 bits per heavy atom. The molecule has 0 aliphatic rings. The number of phenols is 1. The van der Waals surface area contributed by atoms with Gasteiger partial charge < -0.3 is 15.2 Å². The van der Waals surface area contributed by atoms with E-state index in [0.29, 0.717) is 33.8 Å². The minimum absolute atomic E-state index is 0.0253. The van der Waals surface area contributed by atoms with Gasteiger partial charge in [0.05, 0.1) is 27.8 Å². The quantitative estimate of drug-likeness (QED) is 0.155. The second kappa shape index (κ2) is 11.0. The molecule has 0 aromatic heterocycles. The van der Waals surface area contributed by atoms with Crippen LogP contribution in [0.3, 0.4) is 0 Å². The molecule has 3 N–H and O–H groups in total. The lowest BCUT2D eigenvalue weighted by molar-refractivity contribution is 0.102. The highest BCUT2D eigenvalue weighted by Gasteiger charge is 2.21. The van der Waals surface area contributed by atoms with Crippen LogP contribution in [0.5, 0.6) is 11.5 Å². The van der Waals surface area contributed by atoms with Gasteiger partial charge in [0.25, 0.3) is 16.0 Å². The second-order valence-corrected chi connectivity index (χ2v) is 10.3. The number of hydrogen-bond acceptors (Lipinski definition) is 7. The van der Waals surface area contributed by atoms with Crippen molar-refractivity contribution < 1.29 is 27.6 Å². The predicted molar refractivity (Wildman–Crippen MR) is 146 cm³/mol. The summed E-state index contributed by atoms with van der Waals surface area (Å²) in [5.41, 5.74) is 0.253. The van der Waals surface area contributed by atoms with Gasteiger partial charge in [-0.2, -0.15) is 8.42 Å². The number of aromatic hydroxyl groups is 1. The van der Waals surface area contributed by atoms with Gasteiger partial charge in [0.15, 0.2) is 5.75 Å². The van der Waals surface area contributed by atoms with Crippen LogP contribution in [0.25, 0.3) is 10.8 Å². The SMILES string of the molecule is CCOc1cc(Cl)ccc1NC(=O)c1cc2ccccc2c(N=Nc2c(Cl)ccc(S(=O)(=O)O)c2C)c1O. The van der Waals surface area contributed by atoms with Gasteiger partial charge in [-0.15, -0.1) is 10.2 Å². The third kappa shape index (κ3) is 5.58. The molecule has 0 heterocycles. The Balaban J connectivity index is 1.82. The highest BCUT2D eigenvalue weighted by Crippen LogP contribution is 2.41. The average Bonchev–Trinajstić information content (AvgIpc) is 2.85. The number of phenolic OH excluding ortho intramolecular Hbond substituents is 1. The number of carbonyl (C=O) groups is 1. The largest absolute Gasteiger partial charge is 0.505 e. The lowest BCUT2D eigenvalue weighted by Crippen LogP contribution is -2.13. The van der Waals surface area contributed by atoms with Crippen LogP contribution in [0.2, 0.25) is 10.0 Å². The molecule has 0 radical (unpaired) electrons. The summed E-state index contributed by atoms with van der Waals surface area (Å²) in [6.45, 7) is 3.54. The van der Waals surface area contributed by atoms with Crippen LogP contribution in [-0.2, 0) is 10.1 Å². The van der Waals surface area contributed by atoms with E-state index < -0.39 is 21.8 Å². The first-order valence-corrected chi connectivity index (χ1v) is 13.4. The summed E-state index contributed by atoms with van der Waals surface area (Å²) < 4.78 is 38.5. The van der Waals surface area contributed by atoms with Crippen LogP contribution in [0.15, 0.2) is 75.8 Å². The van der Waals surface area contributed by atoms with Crippen molar-refractivity contribution in [2.24, 2.45) is 10.2 Å². The number of anilines is 1. The number of halogens is 2. The molecule has 9 nitrogen and oxygen atoms in total. The zero-order valence-corrected chi connectivity index (χ0v) is 22.4. The molecule has 0 aliphatic carbocycles. The Kier molecular flexibility index (Phi) is 7.89. The highest BCUT2D eigenvalue weighted by molar-refractivity contribution is 7.85. The number of nitrogens with one attached hydrogen (secondary N) is 1. The maximum Gasteiger partial charge on any atom is 0.294 e. The predicted octanol–water partition coefficient (Wildman–Crippen LogP) is 7.47. The van der Waals surface area contributed by atoms with Crippen LogP contribution >= 0.6 is 23.2 Å². The fraction of sp³-hybridized carbons (Fsp3) is 0.115. The second-order valence-electron chi connectivity index (χ2n) is 8.06. The molecule has 0 fully saturated rings. The minimum atomic E-state index is -4.54. The van der Waals surface area contributed by atoms with Gasteiger partial charge in [-0.3, -0.25) is 9.35 Å². The number of hydrogen-bond donors (Lipinski definition) is 3. The number of rotatable bonds is 7. The van der Waals surface area contributed by atoms with E-state index in [2.05, 4.69) is 15.5 Å². The van der Waals surface area contributed by atoms with Crippen molar-refractivity contribution >= 4 is 67.1 Å². The van der Waals surface area contributed by atoms with Crippen molar-refractivity contribution in [1.29, 1.82) is 0 Å². The molecule has 1 amide bonds. The molecule has 0 atom stereocenters. The molecular formula is C26H21Cl2N3O6S. The molecule has 196 valence electrons. The van der Waals surface area contributed by atoms with Gasteiger partial charge in [-0.05, 0) is 55.1 Å². The van der Waals surface area contributed by atoms with Crippen LogP contribution in [0.4, 0.5) is 17.1 Å². The van der Waals surface area contributed by atoms with Crippen molar-refractivity contribution in [1.82, 2.24) is 0 Å². The summed E-state index contributed by atoms with van der Waals surface area (Å²) in [6.07, 6.45) is 0. The maximum atomic E-state index is 13.3. The topological polar surface area (TPSA) is 138 Å². The third-order valence-corrected chi connectivity index (χ3v) is 7.13. The number of carbonyl (C=O) groups excluding carboxylic acids is 1. The van der Waals surface area contributed by atoms with E-state index in [4.69, 9.17) is 27.9 Å². The molecule has 0 unspecified atom stereocenters. The smallest absolute Gasteiger partial charge is 0.294 e. The number of ether oxygens (including phenoxy) is 1. The molecule has 0 aliphatic heterocycles. The van der Waals surface area contributed by atoms with Gasteiger partial charge in [0.1, 0.15) is 17.1 Å². The molecule has 12 heteroatoms. The van der Waals surface area contributed by atoms with E-state index in [9.17, 15) is 22.9 Å². The van der Waals surface area contributed by atoms with Gasteiger partial charge in [-0.1, -0.05) is 47.5 Å². The molecule has 4 aromatic carbocycles. The lowest BCUT2D eigenvalue weighted by atomic mass is 10.0. The fourth-order valence-corrected chi connectivity index (χ4v) is 4.93. The van der Waals surface area contributed by atoms with E-state index in [-0.39, 0.29) is 32.4 Å². The average molecular weight is 574 g/mol. The summed E-state index contributed by atoms with van der Waals surface area (Å²) in [5, 5.41) is 23.6. The number of benzene rings is 4. The number of azo groups is 1. The van der Waals surface area contributed by atoms with Crippen molar-refractivity contribution in [3.8, 4) is 11.5 Å². The first-order chi connectivity index (χ1) is 18.0. The molecular weight excluding hydrogens is 553 g/mol. The Bertz CT molecular complexity index is 1710. The van der Waals surface area contributed by atoms with E-state index in [1.165, 1.54) is 19.1 Å². The standard InChI is InChI=1S/C26H21Cl2N3O6S/c1-3-37-21-13-16(27)8-10-20(21)29-26(33)18-12-15-6-4-5-7-17(15)24(25(18)32)31-30-23-14(2)22(38(34,35)36)11-9-19(23)28/h4-13,32H,3H2,1-2H3,(H,29,33)(H,34,35,36). The summed E-state index contributed by atoms with van der Waals surface area (Å²) in [5.74, 6) is -0.746. The Morgan fingerprint density at radius 1 is 1.03 bits per heavy atom. The Labute approximate surface area is 228 Å². The van der Waals surface area contributed by atoms with Crippen LogP contribution in [0.1, 0.15) is 22.8 Å². The monoisotopic (exact) mass is 573 g/mol. The Hall–Kier alpha value is -3.70. The summed E-state index contributed by atoms with van der Waals surface area (Å²) in [7, 11) is -4.54. The molecule has 0 saturated heterocycles. The van der Waals surface area contributed by atoms with Crippen molar-refractivity contribution in [3.63, 3.8) is 0 Å². The normalized spacial score (nSPS) is 11.7. The summed E-state index contributed by atoms with van der Waals surface area (Å²) in [4.78, 5) is 12.9. The number of fused-ring (bicyclic) bond motifs is 1. The van der Waals surface area contributed by atoms with E-state index in [1.54, 1.807) is 49.4 Å². The first-order valence-electron chi connectivity index (χ1n) is 11.2. The van der Waals surface area contributed by atoms with Crippen molar-refractivity contribution in [2.45, 2.75) is 18.7 Å². The molecule has 38 heavy (non-hydrogen) atoms. The van der Waals surface area contributed by atoms with Gasteiger partial charge >= 0.3 is 0 Å². The third-order valence-electron chi connectivity index (χ3n) is 5.59. The van der Waals surface area contributed by atoms with Crippen molar-refractivity contribution in [2.75, 3.05) is 11.9 Å². The van der Waals surface area contributed by atoms with Gasteiger partial charge in [0, 0.05) is 16.5 Å². The highest BCUT2D eigenvalue weighted by atomic mass is 35.5. The van der Waals surface area contributed by atoms with Gasteiger partial charge in [-0.25, -0.2) is 0 Å². The fourth-order valence-electron chi connectivity index (χ4n) is 3.81. The Morgan fingerprint density at radius 3 is 2.45 bits per heavy atom. The maximum absolute atomic E-state index is 13.3. The lowest BCUT2D eigenvalue weighted by Gasteiger charge is -2.14. The molecule has 0 bridgehead atoms. The summed E-state index contributed by atoms with van der Waals surface area (Å²) >= 11 is 12.3. The van der Waals surface area contributed by atoms with Crippen molar-refractivity contribution in [3.05, 3.63) is 81.8 Å². The zero-order chi connectivity index (χ0) is 27.6. The van der Waals surface area contributed by atoms with E-state index in [1.807, 2.05) is 0 Å². The zero-order valence-electron chi connectivity index (χ0n) is 20.1. The van der Waals surface area contributed by atoms with Crippen LogP contribution in [0, 0.1) is 6.92 Å². The number of amides is 1. The van der Waals surface area contributed by atoms with Crippen LogP contribution < -0.4 is 10.1 Å². The van der Waals surface area contributed by atoms with Crippen LogP contribution in [-0.4, -0.2) is 30.6 Å². The molecule has 0 saturated carbocycles. The van der Waals surface area contributed by atoms with E-state index in [0.717, 1.165) is 6.07 Å². The number of nitrogens with zero attached hydrogens (tertiary/aromatic N) is 2. The molecule has 4 rings (SSSR count). The first kappa shape index (κ1) is 27.3. The molecule has 4 aromatic rings.